The summed E-state index contributed by atoms with van der Waals surface area (Å²) in [7, 11) is 4.60. The summed E-state index contributed by atoms with van der Waals surface area (Å²) in [4.78, 5) is 16.4. The maximum absolute atomic E-state index is 12.8. The lowest BCUT2D eigenvalue weighted by atomic mass is 10.0. The molecular weight excluding hydrogens is 406 g/mol. The van der Waals surface area contributed by atoms with Crippen LogP contribution in [0.15, 0.2) is 36.4 Å². The quantitative estimate of drug-likeness (QED) is 0.365. The van der Waals surface area contributed by atoms with E-state index in [0.29, 0.717) is 22.9 Å². The van der Waals surface area contributed by atoms with Gasteiger partial charge in [-0.15, -0.1) is 0 Å². The first-order valence-electron chi connectivity index (χ1n) is 10.3. The summed E-state index contributed by atoms with van der Waals surface area (Å²) in [5, 5.41) is 8.10. The molecule has 0 unspecified atom stereocenters. The van der Waals surface area contributed by atoms with Crippen molar-refractivity contribution in [3.63, 3.8) is 0 Å². The van der Waals surface area contributed by atoms with Crippen molar-refractivity contribution in [2.24, 2.45) is 0 Å². The maximum Gasteiger partial charge on any atom is 0.323 e. The standard InChI is InChI=1S/C25H27N3O4/c1-13-7-8-18-17(9-13)22-15(3)19(10-14(2)23(22)27-18)28-25(29)26-16-11-20(30-4)24(32-6)21(12-16)31-5/h7-12,27H,1-6H3,(H2,26,28,29). The molecule has 0 bridgehead atoms. The van der Waals surface area contributed by atoms with Gasteiger partial charge in [0.1, 0.15) is 0 Å². The Morgan fingerprint density at radius 2 is 1.56 bits per heavy atom. The number of methoxy groups -OCH3 is 3. The van der Waals surface area contributed by atoms with Gasteiger partial charge < -0.3 is 29.8 Å². The van der Waals surface area contributed by atoms with Crippen molar-refractivity contribution in [2.75, 3.05) is 32.0 Å². The number of amides is 2. The number of anilines is 2. The molecule has 0 saturated heterocycles. The van der Waals surface area contributed by atoms with E-state index in [0.717, 1.165) is 38.6 Å². The Morgan fingerprint density at radius 1 is 0.875 bits per heavy atom. The Morgan fingerprint density at radius 3 is 2.19 bits per heavy atom. The summed E-state index contributed by atoms with van der Waals surface area (Å²) in [5.41, 5.74) is 6.69. The third-order valence-electron chi connectivity index (χ3n) is 5.66. The second-order valence-corrected chi connectivity index (χ2v) is 7.78. The normalized spacial score (nSPS) is 10.9. The molecule has 7 nitrogen and oxygen atoms in total. The van der Waals surface area contributed by atoms with Crippen molar-refractivity contribution in [1.29, 1.82) is 0 Å². The number of H-pyrrole nitrogens is 1. The number of nitrogens with one attached hydrogen (secondary N) is 3. The lowest BCUT2D eigenvalue weighted by molar-refractivity contribution is 0.262. The average molecular weight is 434 g/mol. The summed E-state index contributed by atoms with van der Waals surface area (Å²) in [6.45, 7) is 6.13. The van der Waals surface area contributed by atoms with Crippen LogP contribution < -0.4 is 24.8 Å². The van der Waals surface area contributed by atoms with Crippen LogP contribution in [0.5, 0.6) is 17.2 Å². The van der Waals surface area contributed by atoms with E-state index in [1.807, 2.05) is 19.9 Å². The number of hydrogen-bond donors (Lipinski definition) is 3. The predicted octanol–water partition coefficient (Wildman–Crippen LogP) is 5.92. The third-order valence-corrected chi connectivity index (χ3v) is 5.66. The van der Waals surface area contributed by atoms with Crippen LogP contribution in [0.2, 0.25) is 0 Å². The molecule has 2 amide bonds. The number of benzene rings is 3. The first kappa shape index (κ1) is 21.4. The van der Waals surface area contributed by atoms with Gasteiger partial charge in [-0.2, -0.15) is 0 Å². The zero-order valence-corrected chi connectivity index (χ0v) is 19.1. The zero-order chi connectivity index (χ0) is 23.0. The first-order valence-corrected chi connectivity index (χ1v) is 10.3. The fraction of sp³-hybridized carbons (Fsp3) is 0.240. The smallest absolute Gasteiger partial charge is 0.323 e. The molecule has 3 aromatic carbocycles. The summed E-state index contributed by atoms with van der Waals surface area (Å²) in [6, 6.07) is 11.3. The largest absolute Gasteiger partial charge is 0.493 e. The van der Waals surface area contributed by atoms with Crippen molar-refractivity contribution in [1.82, 2.24) is 4.98 Å². The highest BCUT2D eigenvalue weighted by molar-refractivity contribution is 6.13. The molecule has 4 rings (SSSR count). The fourth-order valence-electron chi connectivity index (χ4n) is 4.09. The summed E-state index contributed by atoms with van der Waals surface area (Å²) in [6.07, 6.45) is 0. The van der Waals surface area contributed by atoms with Crippen LogP contribution in [0.1, 0.15) is 16.7 Å². The number of carbonyl (C=O) groups excluding carboxylic acids is 1. The molecule has 4 aromatic rings. The van der Waals surface area contributed by atoms with Gasteiger partial charge in [0.25, 0.3) is 0 Å². The number of carbonyl (C=O) groups is 1. The molecule has 0 saturated carbocycles. The number of rotatable bonds is 5. The molecule has 0 radical (unpaired) electrons. The van der Waals surface area contributed by atoms with Gasteiger partial charge in [0, 0.05) is 39.6 Å². The molecule has 32 heavy (non-hydrogen) atoms. The lowest BCUT2D eigenvalue weighted by Crippen LogP contribution is -2.20. The molecule has 0 aliphatic rings. The third kappa shape index (κ3) is 3.66. The van der Waals surface area contributed by atoms with Gasteiger partial charge in [-0.1, -0.05) is 11.6 Å². The van der Waals surface area contributed by atoms with Crippen LogP contribution in [-0.4, -0.2) is 32.3 Å². The molecule has 1 aromatic heterocycles. The van der Waals surface area contributed by atoms with Gasteiger partial charge in [-0.3, -0.25) is 0 Å². The number of aromatic amines is 1. The van der Waals surface area contributed by atoms with Crippen LogP contribution in [-0.2, 0) is 0 Å². The highest BCUT2D eigenvalue weighted by atomic mass is 16.5. The van der Waals surface area contributed by atoms with Crippen LogP contribution in [0.4, 0.5) is 16.2 Å². The first-order chi connectivity index (χ1) is 15.4. The number of aromatic nitrogens is 1. The molecule has 7 heteroatoms. The van der Waals surface area contributed by atoms with Gasteiger partial charge in [0.2, 0.25) is 5.75 Å². The number of hydrogen-bond acceptors (Lipinski definition) is 4. The minimum atomic E-state index is -0.364. The molecule has 1 heterocycles. The molecule has 3 N–H and O–H groups in total. The van der Waals surface area contributed by atoms with Crippen molar-refractivity contribution >= 4 is 39.2 Å². The van der Waals surface area contributed by atoms with Gasteiger partial charge >= 0.3 is 6.03 Å². The average Bonchev–Trinajstić information content (AvgIpc) is 3.15. The molecular formula is C25H27N3O4. The monoisotopic (exact) mass is 433 g/mol. The fourth-order valence-corrected chi connectivity index (χ4v) is 4.09. The number of fused-ring (bicyclic) bond motifs is 3. The molecule has 0 atom stereocenters. The minimum absolute atomic E-state index is 0.364. The second kappa shape index (κ2) is 8.34. The summed E-state index contributed by atoms with van der Waals surface area (Å²) >= 11 is 0. The number of ether oxygens (including phenoxy) is 3. The minimum Gasteiger partial charge on any atom is -0.493 e. The van der Waals surface area contributed by atoms with E-state index in [-0.39, 0.29) is 6.03 Å². The predicted molar refractivity (Wildman–Crippen MR) is 129 cm³/mol. The van der Waals surface area contributed by atoms with Crippen LogP contribution in [0.3, 0.4) is 0 Å². The van der Waals surface area contributed by atoms with Crippen LogP contribution >= 0.6 is 0 Å². The maximum atomic E-state index is 12.8. The Kier molecular flexibility index (Phi) is 5.57. The van der Waals surface area contributed by atoms with Crippen LogP contribution in [0.25, 0.3) is 21.8 Å². The van der Waals surface area contributed by atoms with E-state index < -0.39 is 0 Å². The van der Waals surface area contributed by atoms with E-state index in [2.05, 4.69) is 40.7 Å². The number of aryl methyl sites for hydroxylation is 3. The van der Waals surface area contributed by atoms with Crippen molar-refractivity contribution in [2.45, 2.75) is 20.8 Å². The van der Waals surface area contributed by atoms with E-state index in [1.165, 1.54) is 26.9 Å². The molecule has 0 aliphatic carbocycles. The number of urea groups is 1. The molecule has 0 fully saturated rings. The van der Waals surface area contributed by atoms with E-state index >= 15 is 0 Å². The topological polar surface area (TPSA) is 84.6 Å². The second-order valence-electron chi connectivity index (χ2n) is 7.78. The van der Waals surface area contributed by atoms with E-state index in [4.69, 9.17) is 14.2 Å². The van der Waals surface area contributed by atoms with Gasteiger partial charge in [-0.25, -0.2) is 4.79 Å². The van der Waals surface area contributed by atoms with Crippen molar-refractivity contribution < 1.29 is 19.0 Å². The molecule has 166 valence electrons. The van der Waals surface area contributed by atoms with E-state index in [1.54, 1.807) is 12.1 Å². The van der Waals surface area contributed by atoms with Gasteiger partial charge in [-0.05, 0) is 50.1 Å². The van der Waals surface area contributed by atoms with Gasteiger partial charge in [0.15, 0.2) is 11.5 Å². The zero-order valence-electron chi connectivity index (χ0n) is 19.1. The van der Waals surface area contributed by atoms with Crippen LogP contribution in [0, 0.1) is 20.8 Å². The Balaban J connectivity index is 1.68. The summed E-state index contributed by atoms with van der Waals surface area (Å²) in [5.74, 6) is 1.39. The Hall–Kier alpha value is -3.87. The highest BCUT2D eigenvalue weighted by Gasteiger charge is 2.17. The lowest BCUT2D eigenvalue weighted by Gasteiger charge is -2.16. The highest BCUT2D eigenvalue weighted by Crippen LogP contribution is 2.40. The summed E-state index contributed by atoms with van der Waals surface area (Å²) < 4.78 is 16.1. The van der Waals surface area contributed by atoms with E-state index in [9.17, 15) is 4.79 Å². The molecule has 0 spiro atoms. The van der Waals surface area contributed by atoms with Crippen molar-refractivity contribution in [3.05, 3.63) is 53.1 Å². The Labute approximate surface area is 186 Å². The molecule has 0 aliphatic heterocycles. The van der Waals surface area contributed by atoms with Crippen molar-refractivity contribution in [3.8, 4) is 17.2 Å². The SMILES string of the molecule is COc1cc(NC(=O)Nc2cc(C)c3[nH]c4ccc(C)cc4c3c2C)cc(OC)c1OC. The van der Waals surface area contributed by atoms with Gasteiger partial charge in [0.05, 0.1) is 27.0 Å². The Bertz CT molecular complexity index is 1320.